The van der Waals surface area contributed by atoms with Crippen LogP contribution in [0.3, 0.4) is 0 Å². The summed E-state index contributed by atoms with van der Waals surface area (Å²) in [6, 6.07) is 26.2. The fraction of sp³-hybridized carbons (Fsp3) is 0.280. The summed E-state index contributed by atoms with van der Waals surface area (Å²) in [4.78, 5) is 0. The molecule has 0 aromatic heterocycles. The van der Waals surface area contributed by atoms with Crippen molar-refractivity contribution in [1.82, 2.24) is 0 Å². The van der Waals surface area contributed by atoms with Crippen molar-refractivity contribution in [3.8, 4) is 0 Å². The van der Waals surface area contributed by atoms with Gasteiger partial charge in [-0.3, -0.25) is 0 Å². The molecule has 0 fully saturated rings. The fourth-order valence-corrected chi connectivity index (χ4v) is 3.91. The highest BCUT2D eigenvalue weighted by Gasteiger charge is 2.11. The summed E-state index contributed by atoms with van der Waals surface area (Å²) < 4.78 is 0. The van der Waals surface area contributed by atoms with E-state index in [1.54, 1.807) is 0 Å². The van der Waals surface area contributed by atoms with Crippen LogP contribution in [-0.4, -0.2) is 0 Å². The summed E-state index contributed by atoms with van der Waals surface area (Å²) in [5, 5.41) is 3.48. The lowest BCUT2D eigenvalue weighted by molar-refractivity contribution is 0.420. The summed E-state index contributed by atoms with van der Waals surface area (Å²) in [5.74, 6) is 0.739. The van der Waals surface area contributed by atoms with Crippen LogP contribution in [0.1, 0.15) is 36.0 Å². The number of nitrogen functional groups attached to an aromatic ring is 1. The predicted molar refractivity (Wildman–Crippen MR) is 115 cm³/mol. The number of hydrogen-bond acceptors (Lipinski definition) is 2. The largest absolute Gasteiger partial charge is 0.399 e. The van der Waals surface area contributed by atoms with Gasteiger partial charge in [-0.1, -0.05) is 36.4 Å². The number of benzene rings is 3. The van der Waals surface area contributed by atoms with Crippen molar-refractivity contribution < 1.29 is 0 Å². The summed E-state index contributed by atoms with van der Waals surface area (Å²) in [6.45, 7) is 0. The molecule has 4 aliphatic heterocycles. The van der Waals surface area contributed by atoms with E-state index in [2.05, 4.69) is 66.0 Å². The lowest BCUT2D eigenvalue weighted by atomic mass is 9.88. The zero-order valence-corrected chi connectivity index (χ0v) is 15.8. The maximum absolute atomic E-state index is 5.82. The maximum Gasteiger partial charge on any atom is 0.0384 e. The smallest absolute Gasteiger partial charge is 0.0384 e. The fourth-order valence-electron chi connectivity index (χ4n) is 3.91. The second-order valence-electron chi connectivity index (χ2n) is 7.74. The summed E-state index contributed by atoms with van der Waals surface area (Å²) in [7, 11) is 0. The zero-order chi connectivity index (χ0) is 18.5. The molecule has 2 nitrogen and oxygen atoms in total. The van der Waals surface area contributed by atoms with Crippen LogP contribution in [0.2, 0.25) is 0 Å². The van der Waals surface area contributed by atoms with E-state index >= 15 is 0 Å². The quantitative estimate of drug-likeness (QED) is 0.553. The molecule has 2 heteroatoms. The Morgan fingerprint density at radius 1 is 0.704 bits per heavy atom. The third kappa shape index (κ3) is 4.91. The average Bonchev–Trinajstić information content (AvgIpc) is 2.71. The molecule has 0 saturated carbocycles. The first-order chi connectivity index (χ1) is 13.2. The summed E-state index contributed by atoms with van der Waals surface area (Å²) in [6.07, 6.45) is 7.18. The van der Waals surface area contributed by atoms with Gasteiger partial charge in [0.15, 0.2) is 0 Å². The van der Waals surface area contributed by atoms with Crippen LogP contribution < -0.4 is 11.1 Å². The molecule has 138 valence electrons. The van der Waals surface area contributed by atoms with E-state index in [1.807, 2.05) is 12.1 Å². The van der Waals surface area contributed by atoms with Crippen molar-refractivity contribution in [3.05, 3.63) is 89.5 Å². The van der Waals surface area contributed by atoms with Crippen LogP contribution in [0.15, 0.2) is 72.8 Å². The Morgan fingerprint density at radius 3 is 1.74 bits per heavy atom. The van der Waals surface area contributed by atoms with Crippen LogP contribution in [0, 0.1) is 5.92 Å². The van der Waals surface area contributed by atoms with E-state index in [0.29, 0.717) is 0 Å². The topological polar surface area (TPSA) is 38.0 Å². The minimum atomic E-state index is 0.739. The SMILES string of the molecule is Nc1ccc(CCC2CCc3ccc(cc3)Nc3ccc(cc3)CC2)cc1. The molecule has 0 unspecified atom stereocenters. The van der Waals surface area contributed by atoms with E-state index in [0.717, 1.165) is 42.2 Å². The molecule has 4 aliphatic rings. The highest BCUT2D eigenvalue weighted by atomic mass is 14.9. The van der Waals surface area contributed by atoms with E-state index in [9.17, 15) is 0 Å². The molecule has 7 rings (SSSR count). The van der Waals surface area contributed by atoms with Crippen molar-refractivity contribution in [2.24, 2.45) is 5.92 Å². The number of nitrogens with two attached hydrogens (primary N) is 1. The highest BCUT2D eigenvalue weighted by Crippen LogP contribution is 2.25. The van der Waals surface area contributed by atoms with Gasteiger partial charge < -0.3 is 11.1 Å². The Morgan fingerprint density at radius 2 is 1.22 bits per heavy atom. The molecular formula is C25H28N2. The Bertz CT molecular complexity index is 796. The molecule has 3 N–H and O–H groups in total. The molecule has 3 aromatic rings. The van der Waals surface area contributed by atoms with Gasteiger partial charge >= 0.3 is 0 Å². The molecule has 0 aliphatic carbocycles. The van der Waals surface area contributed by atoms with Crippen molar-refractivity contribution in [3.63, 3.8) is 0 Å². The van der Waals surface area contributed by atoms with Gasteiger partial charge in [0.2, 0.25) is 0 Å². The lowest BCUT2D eigenvalue weighted by Crippen LogP contribution is -2.07. The first-order valence-corrected chi connectivity index (χ1v) is 10.0. The summed E-state index contributed by atoms with van der Waals surface area (Å²) >= 11 is 0. The van der Waals surface area contributed by atoms with Gasteiger partial charge in [0, 0.05) is 17.1 Å². The normalized spacial score (nSPS) is 14.7. The summed E-state index contributed by atoms with van der Waals surface area (Å²) in [5.41, 5.74) is 13.2. The first kappa shape index (κ1) is 17.7. The molecule has 4 heterocycles. The van der Waals surface area contributed by atoms with Gasteiger partial charge in [0.05, 0.1) is 0 Å². The Balaban J connectivity index is 1.49. The van der Waals surface area contributed by atoms with Gasteiger partial charge in [0.1, 0.15) is 0 Å². The van der Waals surface area contributed by atoms with Crippen molar-refractivity contribution in [2.45, 2.75) is 38.5 Å². The van der Waals surface area contributed by atoms with Gasteiger partial charge in [-0.25, -0.2) is 0 Å². The Hall–Kier alpha value is -2.74. The van der Waals surface area contributed by atoms with Crippen LogP contribution in [0.25, 0.3) is 0 Å². The minimum absolute atomic E-state index is 0.739. The Kier molecular flexibility index (Phi) is 5.43. The second kappa shape index (κ2) is 8.30. The lowest BCUT2D eigenvalue weighted by Gasteiger charge is -2.18. The molecule has 0 saturated heterocycles. The standard InChI is InChI=1S/C25H28N2/c26-23-13-7-20(8-14-23)4-1-19-2-5-21-9-15-24(16-10-21)27-25-17-11-22(6-3-19)12-18-25/h7-19,27H,1-6,26H2. The van der Waals surface area contributed by atoms with Crippen molar-refractivity contribution in [1.29, 1.82) is 0 Å². The van der Waals surface area contributed by atoms with Crippen LogP contribution >= 0.6 is 0 Å². The molecule has 0 radical (unpaired) electrons. The highest BCUT2D eigenvalue weighted by molar-refractivity contribution is 5.60. The zero-order valence-electron chi connectivity index (χ0n) is 15.8. The Labute approximate surface area is 162 Å². The van der Waals surface area contributed by atoms with E-state index < -0.39 is 0 Å². The van der Waals surface area contributed by atoms with Crippen LogP contribution in [0.5, 0.6) is 0 Å². The van der Waals surface area contributed by atoms with Crippen molar-refractivity contribution >= 4 is 17.1 Å². The van der Waals surface area contributed by atoms with Gasteiger partial charge in [-0.15, -0.1) is 0 Å². The molecule has 27 heavy (non-hydrogen) atoms. The predicted octanol–water partition coefficient (Wildman–Crippen LogP) is 6.14. The minimum Gasteiger partial charge on any atom is -0.399 e. The molecule has 0 spiro atoms. The van der Waals surface area contributed by atoms with E-state index in [-0.39, 0.29) is 0 Å². The average molecular weight is 357 g/mol. The third-order valence-electron chi connectivity index (χ3n) is 5.70. The number of nitrogens with one attached hydrogen (secondary N) is 1. The first-order valence-electron chi connectivity index (χ1n) is 10.0. The van der Waals surface area contributed by atoms with Crippen LogP contribution in [0.4, 0.5) is 17.1 Å². The molecule has 0 amide bonds. The molecule has 0 atom stereocenters. The van der Waals surface area contributed by atoms with Gasteiger partial charge in [-0.2, -0.15) is 0 Å². The number of rotatable bonds is 3. The van der Waals surface area contributed by atoms with Crippen LogP contribution in [-0.2, 0) is 19.3 Å². The molecule has 3 aromatic carbocycles. The molecule has 4 bridgehead atoms. The second-order valence-corrected chi connectivity index (χ2v) is 7.74. The maximum atomic E-state index is 5.82. The van der Waals surface area contributed by atoms with Gasteiger partial charge in [-0.05, 0) is 97.5 Å². The third-order valence-corrected chi connectivity index (χ3v) is 5.70. The van der Waals surface area contributed by atoms with Gasteiger partial charge in [0.25, 0.3) is 0 Å². The number of aryl methyl sites for hydroxylation is 3. The van der Waals surface area contributed by atoms with E-state index in [4.69, 9.17) is 5.73 Å². The number of hydrogen-bond donors (Lipinski definition) is 2. The molecular weight excluding hydrogens is 328 g/mol. The number of anilines is 3. The monoisotopic (exact) mass is 356 g/mol. The van der Waals surface area contributed by atoms with E-state index in [1.165, 1.54) is 36.0 Å². The van der Waals surface area contributed by atoms with Crippen molar-refractivity contribution in [2.75, 3.05) is 11.1 Å².